The van der Waals surface area contributed by atoms with Crippen molar-refractivity contribution in [3.05, 3.63) is 152 Å². The van der Waals surface area contributed by atoms with E-state index in [1.807, 2.05) is 12.3 Å². The Morgan fingerprint density at radius 3 is 2.36 bits per heavy atom. The summed E-state index contributed by atoms with van der Waals surface area (Å²) in [5, 5.41) is 4.63. The van der Waals surface area contributed by atoms with Crippen molar-refractivity contribution in [3.8, 4) is 28.2 Å². The van der Waals surface area contributed by atoms with Crippen LogP contribution >= 0.6 is 0 Å². The van der Waals surface area contributed by atoms with Gasteiger partial charge in [0.1, 0.15) is 5.65 Å². The molecule has 0 fully saturated rings. The molecule has 0 saturated heterocycles. The molecule has 0 atom stereocenters. The van der Waals surface area contributed by atoms with Gasteiger partial charge >= 0.3 is 0 Å². The van der Waals surface area contributed by atoms with E-state index in [4.69, 9.17) is 9.97 Å². The van der Waals surface area contributed by atoms with E-state index in [-0.39, 0.29) is 21.1 Å². The number of aromatic nitrogens is 4. The maximum absolute atomic E-state index is 5.12. The predicted octanol–water partition coefficient (Wildman–Crippen LogP) is 9.86. The molecule has 6 nitrogen and oxygen atoms in total. The van der Waals surface area contributed by atoms with Gasteiger partial charge in [-0.1, -0.05) is 77.8 Å². The molecule has 3 aromatic heterocycles. The molecule has 0 bridgehead atoms. The molecule has 0 unspecified atom stereocenters. The van der Waals surface area contributed by atoms with Crippen LogP contribution in [-0.2, 0) is 28.1 Å². The number of aryl methyl sites for hydroxylation is 1. The molecule has 10 rings (SSSR count). The van der Waals surface area contributed by atoms with Gasteiger partial charge in [0.2, 0.25) is 0 Å². The zero-order valence-electron chi connectivity index (χ0n) is 27.3. The first-order valence-corrected chi connectivity index (χ1v) is 16.4. The third-order valence-corrected chi connectivity index (χ3v) is 9.73. The molecule has 0 amide bonds. The summed E-state index contributed by atoms with van der Waals surface area (Å²) >= 11 is 0. The van der Waals surface area contributed by atoms with E-state index in [0.717, 1.165) is 67.1 Å². The van der Waals surface area contributed by atoms with Gasteiger partial charge in [0, 0.05) is 45.7 Å². The average Bonchev–Trinajstić information content (AvgIpc) is 3.79. The van der Waals surface area contributed by atoms with Crippen LogP contribution < -0.4 is 9.80 Å². The van der Waals surface area contributed by atoms with Crippen molar-refractivity contribution in [2.45, 2.75) is 0 Å². The molecular weight excluding hydrogens is 796 g/mol. The molecule has 9 aromatic rings. The molecule has 0 aliphatic carbocycles. The maximum atomic E-state index is 5.12. The summed E-state index contributed by atoms with van der Waals surface area (Å²) < 4.78 is 4.35. The van der Waals surface area contributed by atoms with E-state index in [1.165, 1.54) is 21.9 Å². The molecule has 4 heterocycles. The Labute approximate surface area is 304 Å². The van der Waals surface area contributed by atoms with Crippen molar-refractivity contribution >= 4 is 60.8 Å². The Morgan fingerprint density at radius 1 is 0.660 bits per heavy atom. The van der Waals surface area contributed by atoms with E-state index < -0.39 is 0 Å². The summed E-state index contributed by atoms with van der Waals surface area (Å²) in [6.45, 7) is 2.10. The Hall–Kier alpha value is -5.71. The number of hydrogen-bond acceptors (Lipinski definition) is 4. The van der Waals surface area contributed by atoms with Crippen molar-refractivity contribution < 1.29 is 21.1 Å². The SMILES string of the molecule is CN1[CH-]N(c2[c-]c(-n3c4[c-]c(-c5nc6ccc(-c7cccc8ccccc78)cc6n5C)ccc4c4cccnc43)ccc2)c2ccccc21.[Pt]. The number of nitrogens with zero attached hydrogens (tertiary/aromatic N) is 6. The van der Waals surface area contributed by atoms with E-state index in [9.17, 15) is 0 Å². The largest absolute Gasteiger partial charge is 0.504 e. The third kappa shape index (κ3) is 4.59. The van der Waals surface area contributed by atoms with Crippen LogP contribution in [0.2, 0.25) is 0 Å². The minimum Gasteiger partial charge on any atom is -0.504 e. The van der Waals surface area contributed by atoms with Crippen molar-refractivity contribution in [1.82, 2.24) is 19.1 Å². The first-order chi connectivity index (χ1) is 24.1. The molecule has 0 saturated carbocycles. The van der Waals surface area contributed by atoms with Gasteiger partial charge in [-0.25, -0.2) is 4.98 Å². The second kappa shape index (κ2) is 11.7. The van der Waals surface area contributed by atoms with Gasteiger partial charge in [-0.2, -0.15) is 12.7 Å². The van der Waals surface area contributed by atoms with Gasteiger partial charge in [0.15, 0.2) is 0 Å². The van der Waals surface area contributed by atoms with Crippen LogP contribution in [0.5, 0.6) is 0 Å². The van der Waals surface area contributed by atoms with Crippen molar-refractivity contribution in [2.24, 2.45) is 7.05 Å². The number of hydrogen-bond donors (Lipinski definition) is 0. The van der Waals surface area contributed by atoms with Crippen molar-refractivity contribution in [1.29, 1.82) is 0 Å². The van der Waals surface area contributed by atoms with Gasteiger partial charge in [-0.3, -0.25) is 4.98 Å². The molecule has 50 heavy (non-hydrogen) atoms. The number of rotatable bonds is 4. The Bertz CT molecular complexity index is 2750. The number of imidazole rings is 1. The van der Waals surface area contributed by atoms with Crippen LogP contribution in [0.4, 0.5) is 17.1 Å². The van der Waals surface area contributed by atoms with Gasteiger partial charge in [0.25, 0.3) is 0 Å². The van der Waals surface area contributed by atoms with Crippen molar-refractivity contribution in [2.75, 3.05) is 16.8 Å². The Balaban J connectivity index is 0.00000336. The fraction of sp³-hybridized carbons (Fsp3) is 0.0465. The zero-order valence-corrected chi connectivity index (χ0v) is 29.6. The molecule has 7 heteroatoms. The maximum Gasteiger partial charge on any atom is 0.132 e. The van der Waals surface area contributed by atoms with E-state index in [2.05, 4.69) is 173 Å². The summed E-state index contributed by atoms with van der Waals surface area (Å²) in [5.74, 6) is 0.862. The molecule has 0 radical (unpaired) electrons. The molecule has 6 aromatic carbocycles. The molecule has 1 aliphatic rings. The van der Waals surface area contributed by atoms with Crippen LogP contribution in [0.3, 0.4) is 0 Å². The third-order valence-electron chi connectivity index (χ3n) is 9.73. The van der Waals surface area contributed by atoms with Crippen LogP contribution in [-0.4, -0.2) is 26.1 Å². The second-order valence-electron chi connectivity index (χ2n) is 12.6. The fourth-order valence-electron chi connectivity index (χ4n) is 7.38. The molecule has 0 N–H and O–H groups in total. The number of pyridine rings is 1. The summed E-state index contributed by atoms with van der Waals surface area (Å²) in [4.78, 5) is 14.3. The Morgan fingerprint density at radius 2 is 1.44 bits per heavy atom. The topological polar surface area (TPSA) is 42.1 Å². The van der Waals surface area contributed by atoms with Crippen LogP contribution in [0.15, 0.2) is 134 Å². The van der Waals surface area contributed by atoms with Gasteiger partial charge < -0.3 is 18.9 Å². The van der Waals surface area contributed by atoms with Gasteiger partial charge in [0.05, 0.1) is 16.9 Å². The van der Waals surface area contributed by atoms with Crippen LogP contribution in [0, 0.1) is 18.8 Å². The minimum atomic E-state index is 0. The first kappa shape index (κ1) is 30.4. The molecule has 1 aliphatic heterocycles. The summed E-state index contributed by atoms with van der Waals surface area (Å²) in [6, 6.07) is 52.2. The average molecular weight is 825 g/mol. The predicted molar refractivity (Wildman–Crippen MR) is 200 cm³/mol. The summed E-state index contributed by atoms with van der Waals surface area (Å²) in [5.41, 5.74) is 11.3. The number of para-hydroxylation sites is 2. The smallest absolute Gasteiger partial charge is 0.132 e. The molecular formula is C43H29N6Pt-3. The summed E-state index contributed by atoms with van der Waals surface area (Å²) in [6.07, 6.45) is 1.85. The van der Waals surface area contributed by atoms with Crippen LogP contribution in [0.25, 0.3) is 71.9 Å². The van der Waals surface area contributed by atoms with Crippen molar-refractivity contribution in [3.63, 3.8) is 0 Å². The standard InChI is InChI=1S/C43H29N6.Pt/c1-46-27-48(39-18-6-5-17-38(39)46)31-12-8-13-32(26-31)49-40-25-30(19-21-35(40)36-16-9-23-44-43(36)49)42-45-37-22-20-29(24-41(37)47(42)2)34-15-7-11-28-10-3-4-14-33(28)34;/h3-24,27H,1-2H3;/q-3;. The van der Waals surface area contributed by atoms with E-state index in [0.29, 0.717) is 0 Å². The van der Waals surface area contributed by atoms with Crippen LogP contribution in [0.1, 0.15) is 0 Å². The summed E-state index contributed by atoms with van der Waals surface area (Å²) in [7, 11) is 4.16. The van der Waals surface area contributed by atoms with Gasteiger partial charge in [-0.05, 0) is 70.2 Å². The fourth-order valence-corrected chi connectivity index (χ4v) is 7.38. The number of benzene rings is 6. The van der Waals surface area contributed by atoms with E-state index in [1.54, 1.807) is 0 Å². The zero-order chi connectivity index (χ0) is 32.6. The van der Waals surface area contributed by atoms with Gasteiger partial charge in [-0.15, -0.1) is 47.6 Å². The van der Waals surface area contributed by atoms with E-state index >= 15 is 0 Å². The Kier molecular flexibility index (Phi) is 7.11. The number of fused-ring (bicyclic) bond motifs is 6. The molecule has 244 valence electrons. The quantitative estimate of drug-likeness (QED) is 0.166. The minimum absolute atomic E-state index is 0. The number of anilines is 3. The molecule has 0 spiro atoms. The normalized spacial score (nSPS) is 12.7. The second-order valence-corrected chi connectivity index (χ2v) is 12.6. The first-order valence-electron chi connectivity index (χ1n) is 16.4. The monoisotopic (exact) mass is 824 g/mol.